The van der Waals surface area contributed by atoms with Crippen molar-refractivity contribution in [3.8, 4) is 6.07 Å². The molecule has 0 radical (unpaired) electrons. The van der Waals surface area contributed by atoms with Crippen molar-refractivity contribution in [3.63, 3.8) is 0 Å². The maximum Gasteiger partial charge on any atom is 0.228 e. The van der Waals surface area contributed by atoms with Crippen LogP contribution in [0.4, 0.5) is 0 Å². The number of likely N-dealkylation sites (tertiary alicyclic amines) is 1. The number of hydrogen-bond acceptors (Lipinski definition) is 4. The van der Waals surface area contributed by atoms with E-state index in [0.29, 0.717) is 22.9 Å². The molecule has 0 aliphatic carbocycles. The largest absolute Gasteiger partial charge is 0.298 e. The van der Waals surface area contributed by atoms with Crippen molar-refractivity contribution in [1.82, 2.24) is 4.90 Å². The topological polar surface area (TPSA) is 44.1 Å². The van der Waals surface area contributed by atoms with Crippen LogP contribution in [-0.4, -0.2) is 27.4 Å². The first-order chi connectivity index (χ1) is 6.25. The Morgan fingerprint density at radius 2 is 2.54 bits per heavy atom. The Morgan fingerprint density at radius 1 is 1.77 bits per heavy atom. The Morgan fingerprint density at radius 3 is 3.08 bits per heavy atom. The molecule has 1 fully saturated rings. The highest BCUT2D eigenvalue weighted by molar-refractivity contribution is 8.22. The summed E-state index contributed by atoms with van der Waals surface area (Å²) in [7, 11) is 0. The monoisotopic (exact) mass is 214 g/mol. The standard InChI is InChI=1S/C8H10N2OS2/c9-4-2-6-13-8(12)10-5-1-3-7(10)11/h1-3,5-6H2. The molecule has 13 heavy (non-hydrogen) atoms. The Bertz CT molecular complexity index is 259. The Hall–Kier alpha value is -0.600. The van der Waals surface area contributed by atoms with E-state index in [1.165, 1.54) is 11.8 Å². The van der Waals surface area contributed by atoms with Gasteiger partial charge in [-0.15, -0.1) is 0 Å². The van der Waals surface area contributed by atoms with Gasteiger partial charge in [0, 0.05) is 25.1 Å². The average molecular weight is 214 g/mol. The fourth-order valence-electron chi connectivity index (χ4n) is 1.10. The third kappa shape index (κ3) is 2.98. The van der Waals surface area contributed by atoms with Gasteiger partial charge >= 0.3 is 0 Å². The van der Waals surface area contributed by atoms with Gasteiger partial charge < -0.3 is 0 Å². The second-order valence-corrected chi connectivity index (χ2v) is 4.40. The second kappa shape index (κ2) is 5.20. The molecule has 1 aliphatic rings. The van der Waals surface area contributed by atoms with Crippen molar-refractivity contribution >= 4 is 34.2 Å². The molecule has 1 aliphatic heterocycles. The highest BCUT2D eigenvalue weighted by Gasteiger charge is 2.23. The molecular weight excluding hydrogens is 204 g/mol. The first kappa shape index (κ1) is 10.5. The van der Waals surface area contributed by atoms with E-state index in [9.17, 15) is 4.79 Å². The molecule has 0 unspecified atom stereocenters. The minimum absolute atomic E-state index is 0.120. The summed E-state index contributed by atoms with van der Waals surface area (Å²) < 4.78 is 0.623. The van der Waals surface area contributed by atoms with E-state index in [4.69, 9.17) is 17.5 Å². The summed E-state index contributed by atoms with van der Waals surface area (Å²) in [5.41, 5.74) is 0. The van der Waals surface area contributed by atoms with Gasteiger partial charge in [-0.25, -0.2) is 0 Å². The number of thiocarbonyl (C=S) groups is 1. The van der Waals surface area contributed by atoms with Crippen LogP contribution in [0, 0.1) is 11.3 Å². The van der Waals surface area contributed by atoms with Crippen molar-refractivity contribution in [2.45, 2.75) is 19.3 Å². The third-order valence-electron chi connectivity index (χ3n) is 1.73. The van der Waals surface area contributed by atoms with Gasteiger partial charge in [0.2, 0.25) is 5.91 Å². The molecule has 3 nitrogen and oxygen atoms in total. The fraction of sp³-hybridized carbons (Fsp3) is 0.625. The zero-order valence-corrected chi connectivity index (χ0v) is 8.79. The lowest BCUT2D eigenvalue weighted by Crippen LogP contribution is -2.28. The fourth-order valence-corrected chi connectivity index (χ4v) is 2.26. The van der Waals surface area contributed by atoms with E-state index in [1.807, 2.05) is 6.07 Å². The van der Waals surface area contributed by atoms with Crippen molar-refractivity contribution in [2.75, 3.05) is 12.3 Å². The van der Waals surface area contributed by atoms with Gasteiger partial charge in [-0.3, -0.25) is 9.69 Å². The number of nitrogens with zero attached hydrogens (tertiary/aromatic N) is 2. The maximum atomic E-state index is 11.2. The summed E-state index contributed by atoms with van der Waals surface area (Å²) in [4.78, 5) is 12.8. The number of nitriles is 1. The molecule has 70 valence electrons. The first-order valence-corrected chi connectivity index (χ1v) is 5.49. The number of carbonyl (C=O) groups is 1. The summed E-state index contributed by atoms with van der Waals surface area (Å²) in [5, 5.41) is 8.31. The molecule has 1 saturated heterocycles. The summed E-state index contributed by atoms with van der Waals surface area (Å²) >= 11 is 6.48. The molecule has 0 spiro atoms. The molecule has 0 aromatic rings. The molecule has 1 rings (SSSR count). The SMILES string of the molecule is N#CCCSC(=S)N1CCCC1=O. The molecule has 0 bridgehead atoms. The molecule has 0 aromatic carbocycles. The lowest BCUT2D eigenvalue weighted by atomic mass is 10.4. The van der Waals surface area contributed by atoms with Gasteiger partial charge in [-0.1, -0.05) is 24.0 Å². The molecule has 0 atom stereocenters. The first-order valence-electron chi connectivity index (χ1n) is 4.10. The number of carbonyl (C=O) groups excluding carboxylic acids is 1. The molecule has 0 aromatic heterocycles. The Labute approximate surface area is 87.1 Å². The maximum absolute atomic E-state index is 11.2. The minimum atomic E-state index is 0.120. The van der Waals surface area contributed by atoms with Crippen molar-refractivity contribution in [1.29, 1.82) is 5.26 Å². The molecular formula is C8H10N2OS2. The van der Waals surface area contributed by atoms with E-state index in [2.05, 4.69) is 0 Å². The van der Waals surface area contributed by atoms with E-state index in [1.54, 1.807) is 4.90 Å². The van der Waals surface area contributed by atoms with Crippen molar-refractivity contribution < 1.29 is 4.79 Å². The zero-order valence-electron chi connectivity index (χ0n) is 7.15. The van der Waals surface area contributed by atoms with Crippen LogP contribution < -0.4 is 0 Å². The normalized spacial score (nSPS) is 15.9. The number of rotatable bonds is 2. The highest BCUT2D eigenvalue weighted by atomic mass is 32.2. The van der Waals surface area contributed by atoms with E-state index in [0.717, 1.165) is 13.0 Å². The van der Waals surface area contributed by atoms with Gasteiger partial charge in [-0.2, -0.15) is 5.26 Å². The van der Waals surface area contributed by atoms with E-state index in [-0.39, 0.29) is 5.91 Å². The van der Waals surface area contributed by atoms with Crippen LogP contribution in [-0.2, 0) is 4.79 Å². The lowest BCUT2D eigenvalue weighted by Gasteiger charge is -2.14. The van der Waals surface area contributed by atoms with Gasteiger partial charge in [0.25, 0.3) is 0 Å². The molecule has 0 saturated carbocycles. The zero-order chi connectivity index (χ0) is 9.68. The van der Waals surface area contributed by atoms with Crippen LogP contribution in [0.3, 0.4) is 0 Å². The third-order valence-corrected chi connectivity index (χ3v) is 3.18. The van der Waals surface area contributed by atoms with Crippen LogP contribution in [0.15, 0.2) is 0 Å². The van der Waals surface area contributed by atoms with Crippen LogP contribution in [0.5, 0.6) is 0 Å². The van der Waals surface area contributed by atoms with Crippen molar-refractivity contribution in [2.24, 2.45) is 0 Å². The van der Waals surface area contributed by atoms with Crippen LogP contribution in [0.1, 0.15) is 19.3 Å². The van der Waals surface area contributed by atoms with Gasteiger partial charge in [0.05, 0.1) is 6.07 Å². The summed E-state index contributed by atoms with van der Waals surface area (Å²) in [5.74, 6) is 0.800. The molecule has 1 heterocycles. The van der Waals surface area contributed by atoms with Crippen LogP contribution in [0.25, 0.3) is 0 Å². The number of thioether (sulfide) groups is 1. The van der Waals surface area contributed by atoms with E-state index >= 15 is 0 Å². The predicted octanol–water partition coefficient (Wildman–Crippen LogP) is 1.54. The lowest BCUT2D eigenvalue weighted by molar-refractivity contribution is -0.124. The second-order valence-electron chi connectivity index (χ2n) is 2.67. The van der Waals surface area contributed by atoms with Gasteiger partial charge in [0.15, 0.2) is 0 Å². The molecule has 0 N–H and O–H groups in total. The molecule has 5 heteroatoms. The van der Waals surface area contributed by atoms with Crippen LogP contribution in [0.2, 0.25) is 0 Å². The highest BCUT2D eigenvalue weighted by Crippen LogP contribution is 2.17. The summed E-state index contributed by atoms with van der Waals surface area (Å²) in [6, 6.07) is 2.04. The van der Waals surface area contributed by atoms with Crippen molar-refractivity contribution in [3.05, 3.63) is 0 Å². The smallest absolute Gasteiger partial charge is 0.228 e. The Balaban J connectivity index is 2.31. The summed E-state index contributed by atoms with van der Waals surface area (Å²) in [6.07, 6.45) is 1.99. The average Bonchev–Trinajstić information content (AvgIpc) is 2.52. The summed E-state index contributed by atoms with van der Waals surface area (Å²) in [6.45, 7) is 0.747. The van der Waals surface area contributed by atoms with Crippen LogP contribution >= 0.6 is 24.0 Å². The minimum Gasteiger partial charge on any atom is -0.298 e. The van der Waals surface area contributed by atoms with E-state index < -0.39 is 0 Å². The number of hydrogen-bond donors (Lipinski definition) is 0. The van der Waals surface area contributed by atoms with Gasteiger partial charge in [0.1, 0.15) is 4.32 Å². The van der Waals surface area contributed by atoms with Gasteiger partial charge in [-0.05, 0) is 6.42 Å². The predicted molar refractivity (Wildman–Crippen MR) is 56.2 cm³/mol. The quantitative estimate of drug-likeness (QED) is 0.516. The number of amides is 1. The Kier molecular flexibility index (Phi) is 4.19. The molecule has 1 amide bonds.